The molecule has 0 aliphatic heterocycles. The second-order valence-corrected chi connectivity index (χ2v) is 3.17. The number of aromatic nitrogens is 1. The molecule has 0 fully saturated rings. The van der Waals surface area contributed by atoms with Crippen molar-refractivity contribution in [2.75, 3.05) is 19.8 Å². The van der Waals surface area contributed by atoms with Gasteiger partial charge in [-0.25, -0.2) is 4.79 Å². The Bertz CT molecular complexity index is 365. The fraction of sp³-hybridized carbons (Fsp3) is 0.455. The second kappa shape index (κ2) is 6.07. The highest BCUT2D eigenvalue weighted by Gasteiger charge is 2.11. The van der Waals surface area contributed by atoms with Gasteiger partial charge in [0.05, 0.1) is 6.61 Å². The van der Waals surface area contributed by atoms with Crippen molar-refractivity contribution in [2.45, 2.75) is 13.8 Å². The van der Waals surface area contributed by atoms with Crippen molar-refractivity contribution in [2.24, 2.45) is 0 Å². The average Bonchev–Trinajstić information content (AvgIpc) is 2.24. The summed E-state index contributed by atoms with van der Waals surface area (Å²) in [5.41, 5.74) is 0.790. The Hall–Kier alpha value is -1.62. The van der Waals surface area contributed by atoms with Gasteiger partial charge in [0.1, 0.15) is 17.9 Å². The fourth-order valence-electron chi connectivity index (χ4n) is 1.17. The first-order valence-corrected chi connectivity index (χ1v) is 5.05. The molecule has 0 unspecified atom stereocenters. The average molecular weight is 225 g/mol. The van der Waals surface area contributed by atoms with Gasteiger partial charge in [-0.15, -0.1) is 0 Å². The lowest BCUT2D eigenvalue weighted by Gasteiger charge is -2.09. The molecule has 5 heteroatoms. The number of pyridine rings is 1. The number of rotatable bonds is 6. The number of nitrogens with zero attached hydrogens (tertiary/aromatic N) is 1. The normalized spacial score (nSPS) is 10.1. The summed E-state index contributed by atoms with van der Waals surface area (Å²) in [6, 6.07) is 1.61. The fourth-order valence-corrected chi connectivity index (χ4v) is 1.17. The molecule has 88 valence electrons. The lowest BCUT2D eigenvalue weighted by molar-refractivity contribution is 0.0686. The molecule has 0 aliphatic rings. The highest BCUT2D eigenvalue weighted by atomic mass is 16.5. The number of hydrogen-bond donors (Lipinski definition) is 1. The van der Waals surface area contributed by atoms with Crippen LogP contribution in [0.3, 0.4) is 0 Å². The summed E-state index contributed by atoms with van der Waals surface area (Å²) in [5.74, 6) is -0.710. The summed E-state index contributed by atoms with van der Waals surface area (Å²) in [6.07, 6.45) is 1.30. The zero-order valence-electron chi connectivity index (χ0n) is 9.40. The van der Waals surface area contributed by atoms with Crippen LogP contribution in [0.4, 0.5) is 0 Å². The summed E-state index contributed by atoms with van der Waals surface area (Å²) in [7, 11) is 0. The molecule has 0 aromatic carbocycles. The van der Waals surface area contributed by atoms with Gasteiger partial charge in [0.15, 0.2) is 0 Å². The van der Waals surface area contributed by atoms with Gasteiger partial charge in [-0.05, 0) is 13.8 Å². The number of hydrogen-bond acceptors (Lipinski definition) is 4. The minimum atomic E-state index is -1.04. The Morgan fingerprint density at radius 2 is 2.25 bits per heavy atom. The van der Waals surface area contributed by atoms with Crippen LogP contribution in [0.25, 0.3) is 0 Å². The summed E-state index contributed by atoms with van der Waals surface area (Å²) in [4.78, 5) is 14.8. The van der Waals surface area contributed by atoms with E-state index in [0.717, 1.165) is 5.69 Å². The largest absolute Gasteiger partial charge is 0.490 e. The van der Waals surface area contributed by atoms with Crippen molar-refractivity contribution in [1.29, 1.82) is 0 Å². The van der Waals surface area contributed by atoms with E-state index in [9.17, 15) is 4.79 Å². The van der Waals surface area contributed by atoms with Gasteiger partial charge in [-0.1, -0.05) is 0 Å². The van der Waals surface area contributed by atoms with Crippen LogP contribution in [-0.2, 0) is 4.74 Å². The number of ether oxygens (including phenoxy) is 2. The predicted molar refractivity (Wildman–Crippen MR) is 57.9 cm³/mol. The lowest BCUT2D eigenvalue weighted by Crippen LogP contribution is -2.10. The van der Waals surface area contributed by atoms with Crippen molar-refractivity contribution in [3.63, 3.8) is 0 Å². The van der Waals surface area contributed by atoms with Crippen molar-refractivity contribution in [3.05, 3.63) is 23.5 Å². The first kappa shape index (κ1) is 12.4. The van der Waals surface area contributed by atoms with Gasteiger partial charge in [-0.2, -0.15) is 0 Å². The van der Waals surface area contributed by atoms with Crippen molar-refractivity contribution < 1.29 is 19.4 Å². The van der Waals surface area contributed by atoms with Crippen LogP contribution < -0.4 is 4.74 Å². The third kappa shape index (κ3) is 3.51. The molecule has 16 heavy (non-hydrogen) atoms. The molecule has 0 amide bonds. The van der Waals surface area contributed by atoms with Gasteiger partial charge in [0, 0.05) is 24.6 Å². The first-order chi connectivity index (χ1) is 7.65. The molecule has 5 nitrogen and oxygen atoms in total. The third-order valence-corrected chi connectivity index (χ3v) is 1.92. The van der Waals surface area contributed by atoms with E-state index in [-0.39, 0.29) is 5.56 Å². The van der Waals surface area contributed by atoms with E-state index in [1.165, 1.54) is 6.20 Å². The molecule has 0 radical (unpaired) electrons. The van der Waals surface area contributed by atoms with Crippen LogP contribution in [0, 0.1) is 6.92 Å². The van der Waals surface area contributed by atoms with E-state index < -0.39 is 5.97 Å². The Balaban J connectivity index is 2.68. The summed E-state index contributed by atoms with van der Waals surface area (Å²) >= 11 is 0. The summed E-state index contributed by atoms with van der Waals surface area (Å²) in [5, 5.41) is 8.91. The zero-order chi connectivity index (χ0) is 12.0. The molecular formula is C11H15NO4. The Morgan fingerprint density at radius 3 is 2.88 bits per heavy atom. The summed E-state index contributed by atoms with van der Waals surface area (Å²) < 4.78 is 10.4. The second-order valence-electron chi connectivity index (χ2n) is 3.17. The van der Waals surface area contributed by atoms with E-state index in [1.54, 1.807) is 13.0 Å². The Labute approximate surface area is 94.0 Å². The van der Waals surface area contributed by atoms with Crippen LogP contribution in [-0.4, -0.2) is 35.9 Å². The molecule has 0 spiro atoms. The maximum Gasteiger partial charge on any atom is 0.341 e. The lowest BCUT2D eigenvalue weighted by atomic mass is 10.2. The van der Waals surface area contributed by atoms with Gasteiger partial charge in [0.25, 0.3) is 0 Å². The minimum Gasteiger partial charge on any atom is -0.490 e. The predicted octanol–water partition coefficient (Wildman–Crippen LogP) is 1.50. The molecular weight excluding hydrogens is 210 g/mol. The molecule has 1 N–H and O–H groups in total. The SMILES string of the molecule is CCOCCOc1cc(C)ncc1C(=O)O. The Kier molecular flexibility index (Phi) is 4.72. The molecule has 0 saturated carbocycles. The molecule has 1 aromatic heterocycles. The van der Waals surface area contributed by atoms with Gasteiger partial charge < -0.3 is 14.6 Å². The van der Waals surface area contributed by atoms with Gasteiger partial charge in [-0.3, -0.25) is 4.98 Å². The van der Waals surface area contributed by atoms with Crippen LogP contribution in [0.15, 0.2) is 12.3 Å². The van der Waals surface area contributed by atoms with E-state index in [0.29, 0.717) is 25.6 Å². The van der Waals surface area contributed by atoms with Crippen LogP contribution in [0.5, 0.6) is 5.75 Å². The van der Waals surface area contributed by atoms with E-state index in [1.807, 2.05) is 6.92 Å². The molecule has 0 saturated heterocycles. The zero-order valence-corrected chi connectivity index (χ0v) is 9.40. The maximum absolute atomic E-state index is 10.9. The first-order valence-electron chi connectivity index (χ1n) is 5.05. The van der Waals surface area contributed by atoms with Gasteiger partial charge >= 0.3 is 5.97 Å². The number of aromatic carboxylic acids is 1. The molecule has 1 aromatic rings. The van der Waals surface area contributed by atoms with Crippen LogP contribution in [0.1, 0.15) is 23.0 Å². The highest BCUT2D eigenvalue weighted by molar-refractivity contribution is 5.90. The maximum atomic E-state index is 10.9. The van der Waals surface area contributed by atoms with Crippen molar-refractivity contribution in [1.82, 2.24) is 4.98 Å². The van der Waals surface area contributed by atoms with Crippen LogP contribution in [0.2, 0.25) is 0 Å². The molecule has 0 bridgehead atoms. The topological polar surface area (TPSA) is 68.7 Å². The minimum absolute atomic E-state index is 0.0714. The van der Waals surface area contributed by atoms with Crippen molar-refractivity contribution >= 4 is 5.97 Å². The quantitative estimate of drug-likeness (QED) is 0.743. The number of carboxylic acid groups (broad SMARTS) is 1. The molecule has 1 heterocycles. The Morgan fingerprint density at radius 1 is 1.50 bits per heavy atom. The molecule has 0 aliphatic carbocycles. The monoisotopic (exact) mass is 225 g/mol. The van der Waals surface area contributed by atoms with Gasteiger partial charge in [0.2, 0.25) is 0 Å². The van der Waals surface area contributed by atoms with Crippen LogP contribution >= 0.6 is 0 Å². The number of carboxylic acids is 1. The third-order valence-electron chi connectivity index (χ3n) is 1.92. The summed E-state index contributed by atoms with van der Waals surface area (Å²) in [6.45, 7) is 5.05. The number of carbonyl (C=O) groups is 1. The van der Waals surface area contributed by atoms with E-state index in [2.05, 4.69) is 4.98 Å². The smallest absolute Gasteiger partial charge is 0.341 e. The standard InChI is InChI=1S/C11H15NO4/c1-3-15-4-5-16-10-6-8(2)12-7-9(10)11(13)14/h6-7H,3-5H2,1-2H3,(H,13,14). The van der Waals surface area contributed by atoms with E-state index in [4.69, 9.17) is 14.6 Å². The van der Waals surface area contributed by atoms with Crippen molar-refractivity contribution in [3.8, 4) is 5.75 Å². The molecule has 0 atom stereocenters. The molecule has 1 rings (SSSR count). The highest BCUT2D eigenvalue weighted by Crippen LogP contribution is 2.18. The van der Waals surface area contributed by atoms with E-state index >= 15 is 0 Å². The number of aryl methyl sites for hydroxylation is 1.